The molecule has 1 heterocycles. The van der Waals surface area contributed by atoms with E-state index < -0.39 is 0 Å². The van der Waals surface area contributed by atoms with Crippen LogP contribution in [0.4, 0.5) is 10.9 Å². The van der Waals surface area contributed by atoms with E-state index in [0.29, 0.717) is 22.4 Å². The lowest BCUT2D eigenvalue weighted by Gasteiger charge is -2.19. The van der Waals surface area contributed by atoms with Crippen molar-refractivity contribution in [2.45, 2.75) is 52.0 Å². The van der Waals surface area contributed by atoms with Crippen molar-refractivity contribution in [2.24, 2.45) is 0 Å². The molecule has 21 heavy (non-hydrogen) atoms. The maximum atomic E-state index is 12.2. The third-order valence-electron chi connectivity index (χ3n) is 3.21. The molecule has 4 N–H and O–H groups in total. The number of anilines is 2. The fourth-order valence-corrected chi connectivity index (χ4v) is 3.26. The highest BCUT2D eigenvalue weighted by Crippen LogP contribution is 2.27. The number of carbonyl (C=O) groups is 1. The highest BCUT2D eigenvalue weighted by molar-refractivity contribution is 7.18. The van der Waals surface area contributed by atoms with Crippen LogP contribution in [-0.2, 0) is 0 Å². The molecule has 0 radical (unpaired) electrons. The molecule has 0 atom stereocenters. The number of aromatic nitrogens is 1. The summed E-state index contributed by atoms with van der Waals surface area (Å²) in [6.45, 7) is 6.78. The first-order chi connectivity index (χ1) is 9.85. The highest BCUT2D eigenvalue weighted by Gasteiger charge is 2.19. The van der Waals surface area contributed by atoms with Crippen molar-refractivity contribution in [1.29, 1.82) is 0 Å². The van der Waals surface area contributed by atoms with Crippen molar-refractivity contribution < 1.29 is 4.79 Å². The molecule has 1 aliphatic rings. The lowest BCUT2D eigenvalue weighted by molar-refractivity contribution is 0.0959. The first-order valence-electron chi connectivity index (χ1n) is 7.36. The van der Waals surface area contributed by atoms with Crippen LogP contribution in [0.15, 0.2) is 11.6 Å². The Hall–Kier alpha value is -1.56. The Labute approximate surface area is 130 Å². The average molecular weight is 308 g/mol. The Morgan fingerprint density at radius 2 is 2.24 bits per heavy atom. The number of allylic oxidation sites excluding steroid dienone is 1. The summed E-state index contributed by atoms with van der Waals surface area (Å²) in [7, 11) is 0. The van der Waals surface area contributed by atoms with Gasteiger partial charge in [0.25, 0.3) is 5.91 Å². The van der Waals surface area contributed by atoms with E-state index in [4.69, 9.17) is 5.73 Å². The van der Waals surface area contributed by atoms with Crippen molar-refractivity contribution in [3.8, 4) is 0 Å². The maximum Gasteiger partial charge on any atom is 0.265 e. The molecule has 1 aromatic heterocycles. The van der Waals surface area contributed by atoms with Crippen molar-refractivity contribution >= 4 is 28.2 Å². The summed E-state index contributed by atoms with van der Waals surface area (Å²) in [6, 6.07) is 0. The number of thiazole rings is 1. The predicted octanol–water partition coefficient (Wildman–Crippen LogP) is 3.17. The van der Waals surface area contributed by atoms with Crippen LogP contribution in [-0.4, -0.2) is 23.0 Å². The number of nitrogen functional groups attached to an aromatic ring is 1. The Bertz CT molecular complexity index is 542. The van der Waals surface area contributed by atoms with Gasteiger partial charge in [-0.3, -0.25) is 4.79 Å². The van der Waals surface area contributed by atoms with Crippen LogP contribution >= 0.6 is 11.3 Å². The molecule has 5 nitrogen and oxygen atoms in total. The summed E-state index contributed by atoms with van der Waals surface area (Å²) in [6.07, 6.45) is 6.79. The van der Waals surface area contributed by atoms with E-state index in [1.54, 1.807) is 0 Å². The quantitative estimate of drug-likeness (QED) is 0.730. The molecule has 0 aliphatic heterocycles. The number of amides is 1. The van der Waals surface area contributed by atoms with Crippen LogP contribution in [0.25, 0.3) is 0 Å². The third-order valence-corrected chi connectivity index (χ3v) is 4.19. The van der Waals surface area contributed by atoms with Crippen molar-refractivity contribution in [2.75, 3.05) is 17.6 Å². The van der Waals surface area contributed by atoms with Crippen LogP contribution in [0.2, 0.25) is 0 Å². The first kappa shape index (κ1) is 15.8. The molecule has 1 amide bonds. The van der Waals surface area contributed by atoms with Crippen molar-refractivity contribution in [3.63, 3.8) is 0 Å². The monoisotopic (exact) mass is 308 g/mol. The predicted molar refractivity (Wildman–Crippen MR) is 88.8 cm³/mol. The van der Waals surface area contributed by atoms with Gasteiger partial charge in [-0.05, 0) is 46.5 Å². The van der Waals surface area contributed by atoms with Gasteiger partial charge in [-0.2, -0.15) is 0 Å². The molecule has 0 unspecified atom stereocenters. The fourth-order valence-electron chi connectivity index (χ4n) is 2.25. The van der Waals surface area contributed by atoms with E-state index in [-0.39, 0.29) is 11.4 Å². The Morgan fingerprint density at radius 3 is 2.86 bits per heavy atom. The van der Waals surface area contributed by atoms with Crippen LogP contribution in [0.3, 0.4) is 0 Å². The standard InChI is InChI=1S/C15H24N4OS/c1-15(2,3)19-14-18-12(16)11(21-14)13(20)17-9-8-10-6-4-5-7-10/h6H,4-5,7-9,16H2,1-3H3,(H,17,20)(H,18,19). The molecule has 0 bridgehead atoms. The summed E-state index contributed by atoms with van der Waals surface area (Å²) in [5.74, 6) is 0.162. The fraction of sp³-hybridized carbons (Fsp3) is 0.600. The van der Waals surface area contributed by atoms with E-state index in [2.05, 4.69) is 21.7 Å². The molecule has 2 rings (SSSR count). The zero-order chi connectivity index (χ0) is 15.5. The second-order valence-electron chi connectivity index (χ2n) is 6.37. The molecule has 1 aliphatic carbocycles. The lowest BCUT2D eigenvalue weighted by Crippen LogP contribution is -2.25. The number of hydrogen-bond acceptors (Lipinski definition) is 5. The smallest absolute Gasteiger partial charge is 0.265 e. The van der Waals surface area contributed by atoms with E-state index >= 15 is 0 Å². The summed E-state index contributed by atoms with van der Waals surface area (Å²) in [5.41, 5.74) is 7.18. The number of rotatable bonds is 5. The van der Waals surface area contributed by atoms with Gasteiger partial charge in [0.05, 0.1) is 0 Å². The topological polar surface area (TPSA) is 80.0 Å². The largest absolute Gasteiger partial charge is 0.382 e. The molecular weight excluding hydrogens is 284 g/mol. The molecule has 6 heteroatoms. The van der Waals surface area contributed by atoms with E-state index in [9.17, 15) is 4.79 Å². The summed E-state index contributed by atoms with van der Waals surface area (Å²) in [5, 5.41) is 6.85. The first-order valence-corrected chi connectivity index (χ1v) is 8.17. The van der Waals surface area contributed by atoms with E-state index in [1.165, 1.54) is 29.8 Å². The van der Waals surface area contributed by atoms with Crippen molar-refractivity contribution in [3.05, 3.63) is 16.5 Å². The molecule has 0 saturated carbocycles. The molecule has 116 valence electrons. The normalized spacial score (nSPS) is 14.9. The second-order valence-corrected chi connectivity index (χ2v) is 7.37. The number of carbonyl (C=O) groups excluding carboxylic acids is 1. The minimum absolute atomic E-state index is 0.104. The third kappa shape index (κ3) is 4.74. The second kappa shape index (κ2) is 6.47. The van der Waals surface area contributed by atoms with E-state index in [0.717, 1.165) is 12.8 Å². The number of nitrogens with two attached hydrogens (primary N) is 1. The van der Waals surface area contributed by atoms with Gasteiger partial charge in [0.15, 0.2) is 5.13 Å². The van der Waals surface area contributed by atoms with Gasteiger partial charge < -0.3 is 16.4 Å². The number of nitrogens with zero attached hydrogens (tertiary/aromatic N) is 1. The summed E-state index contributed by atoms with van der Waals surface area (Å²) >= 11 is 1.30. The van der Waals surface area contributed by atoms with Crippen molar-refractivity contribution in [1.82, 2.24) is 10.3 Å². The zero-order valence-electron chi connectivity index (χ0n) is 13.0. The number of nitrogens with one attached hydrogen (secondary N) is 2. The Morgan fingerprint density at radius 1 is 1.48 bits per heavy atom. The van der Waals surface area contributed by atoms with Gasteiger partial charge in [-0.15, -0.1) is 0 Å². The van der Waals surface area contributed by atoms with E-state index in [1.807, 2.05) is 20.8 Å². The molecule has 0 saturated heterocycles. The number of hydrogen-bond donors (Lipinski definition) is 3. The molecular formula is C15H24N4OS. The van der Waals surface area contributed by atoms with Gasteiger partial charge in [0, 0.05) is 12.1 Å². The Balaban J connectivity index is 1.89. The summed E-state index contributed by atoms with van der Waals surface area (Å²) < 4.78 is 0. The van der Waals surface area contributed by atoms with Crippen LogP contribution in [0.5, 0.6) is 0 Å². The van der Waals surface area contributed by atoms with Gasteiger partial charge in [0.1, 0.15) is 10.7 Å². The average Bonchev–Trinajstić information content (AvgIpc) is 2.97. The maximum absolute atomic E-state index is 12.2. The van der Waals surface area contributed by atoms with Gasteiger partial charge in [-0.25, -0.2) is 4.98 Å². The van der Waals surface area contributed by atoms with Gasteiger partial charge >= 0.3 is 0 Å². The van der Waals surface area contributed by atoms with Crippen LogP contribution in [0, 0.1) is 0 Å². The summed E-state index contributed by atoms with van der Waals surface area (Å²) in [4.78, 5) is 16.9. The molecule has 0 spiro atoms. The minimum Gasteiger partial charge on any atom is -0.382 e. The van der Waals surface area contributed by atoms with Crippen LogP contribution < -0.4 is 16.4 Å². The Kier molecular flexibility index (Phi) is 4.88. The molecule has 0 aromatic carbocycles. The SMILES string of the molecule is CC(C)(C)Nc1nc(N)c(C(=O)NCCC2=CCCC2)s1. The lowest BCUT2D eigenvalue weighted by atomic mass is 10.1. The van der Waals surface area contributed by atoms with Crippen LogP contribution in [0.1, 0.15) is 56.1 Å². The zero-order valence-corrected chi connectivity index (χ0v) is 13.8. The molecule has 1 aromatic rings. The van der Waals surface area contributed by atoms with Gasteiger partial charge in [-0.1, -0.05) is 23.0 Å². The minimum atomic E-state index is -0.134. The van der Waals surface area contributed by atoms with Gasteiger partial charge in [0.2, 0.25) is 0 Å². The molecule has 0 fully saturated rings. The highest BCUT2D eigenvalue weighted by atomic mass is 32.1.